The van der Waals surface area contributed by atoms with E-state index in [0.717, 1.165) is 6.42 Å². The topological polar surface area (TPSA) is 57.5 Å². The van der Waals surface area contributed by atoms with Crippen LogP contribution in [0.5, 0.6) is 0 Å². The third-order valence-corrected chi connectivity index (χ3v) is 3.99. The lowest BCUT2D eigenvalue weighted by Crippen LogP contribution is -2.52. The maximum Gasteiger partial charge on any atom is 0.322 e. The van der Waals surface area contributed by atoms with Crippen molar-refractivity contribution in [1.82, 2.24) is 0 Å². The van der Waals surface area contributed by atoms with Gasteiger partial charge < -0.3 is 10.2 Å². The van der Waals surface area contributed by atoms with Crippen LogP contribution in [-0.2, 0) is 4.79 Å². The molecule has 0 spiro atoms. The van der Waals surface area contributed by atoms with Crippen molar-refractivity contribution in [1.29, 1.82) is 0 Å². The number of alkyl halides is 1. The Hall–Kier alpha value is 0.160. The minimum absolute atomic E-state index is 0.465. The fourth-order valence-corrected chi connectivity index (χ4v) is 2.01. The van der Waals surface area contributed by atoms with Crippen molar-refractivity contribution < 1.29 is 15.0 Å². The van der Waals surface area contributed by atoms with Gasteiger partial charge in [0.2, 0.25) is 0 Å². The fourth-order valence-electron chi connectivity index (χ4n) is 1.36. The quantitative estimate of drug-likeness (QED) is 0.604. The second kappa shape index (κ2) is 4.59. The minimum atomic E-state index is -1.10. The molecule has 0 saturated carbocycles. The summed E-state index contributed by atoms with van der Waals surface area (Å²) in [5, 5.41) is 19.1. The van der Waals surface area contributed by atoms with Crippen molar-refractivity contribution in [3.8, 4) is 0 Å². The van der Waals surface area contributed by atoms with Crippen LogP contribution in [0.15, 0.2) is 0 Å². The number of aliphatic hydroxyl groups is 1. The molecule has 3 nitrogen and oxygen atoms in total. The molecule has 0 aliphatic rings. The molecule has 2 N–H and O–H groups in total. The van der Waals surface area contributed by atoms with Gasteiger partial charge in [-0.1, -0.05) is 42.9 Å². The lowest BCUT2D eigenvalue weighted by molar-refractivity contribution is -0.146. The normalized spacial score (nSPS) is 20.4. The van der Waals surface area contributed by atoms with Crippen LogP contribution in [0.2, 0.25) is 0 Å². The molecule has 0 unspecified atom stereocenters. The first-order valence-corrected chi connectivity index (χ1v) is 5.54. The van der Waals surface area contributed by atoms with E-state index in [-0.39, 0.29) is 0 Å². The molecule has 2 atom stereocenters. The van der Waals surface area contributed by atoms with Crippen LogP contribution in [0.4, 0.5) is 0 Å². The Morgan fingerprint density at radius 2 is 1.92 bits per heavy atom. The Kier molecular flexibility index (Phi) is 4.65. The van der Waals surface area contributed by atoms with Crippen molar-refractivity contribution in [2.24, 2.45) is 0 Å². The van der Waals surface area contributed by atoms with Crippen molar-refractivity contribution in [2.75, 3.05) is 0 Å². The number of carbonyl (C=O) groups is 1. The van der Waals surface area contributed by atoms with Crippen molar-refractivity contribution in [3.05, 3.63) is 0 Å². The van der Waals surface area contributed by atoms with Crippen molar-refractivity contribution in [3.63, 3.8) is 0 Å². The van der Waals surface area contributed by atoms with E-state index < -0.39 is 15.0 Å². The summed E-state index contributed by atoms with van der Waals surface area (Å²) in [7, 11) is 0. The molecule has 4 heteroatoms. The van der Waals surface area contributed by atoms with E-state index in [2.05, 4.69) is 0 Å². The standard InChI is InChI=1S/C9H17IO3/c1-4-6-9(13,5-2)8(3,10)7(11)12/h13H,4-6H2,1-3H3,(H,11,12)/t8-,9-/m0/s1. The number of halogens is 1. The van der Waals surface area contributed by atoms with E-state index in [0.29, 0.717) is 12.8 Å². The van der Waals surface area contributed by atoms with Crippen LogP contribution >= 0.6 is 22.6 Å². The van der Waals surface area contributed by atoms with Gasteiger partial charge in [0.1, 0.15) is 3.42 Å². The maximum absolute atomic E-state index is 10.9. The largest absolute Gasteiger partial charge is 0.480 e. The highest BCUT2D eigenvalue weighted by Gasteiger charge is 2.48. The number of rotatable bonds is 5. The summed E-state index contributed by atoms with van der Waals surface area (Å²) in [5.74, 6) is -0.953. The summed E-state index contributed by atoms with van der Waals surface area (Å²) in [4.78, 5) is 10.9. The van der Waals surface area contributed by atoms with Gasteiger partial charge in [-0.3, -0.25) is 4.79 Å². The summed E-state index contributed by atoms with van der Waals surface area (Å²) < 4.78 is -1.10. The first-order chi connectivity index (χ1) is 5.81. The Bertz CT molecular complexity index is 191. The van der Waals surface area contributed by atoms with Crippen LogP contribution in [0, 0.1) is 0 Å². The van der Waals surface area contributed by atoms with Crippen molar-refractivity contribution in [2.45, 2.75) is 49.1 Å². The molecule has 0 radical (unpaired) electrons. The number of hydrogen-bond donors (Lipinski definition) is 2. The van der Waals surface area contributed by atoms with Gasteiger partial charge >= 0.3 is 5.97 Å². The predicted octanol–water partition coefficient (Wildman–Crippen LogP) is 2.21. The molecule has 0 aromatic heterocycles. The second-order valence-electron chi connectivity index (χ2n) is 3.44. The number of carboxylic acid groups (broad SMARTS) is 1. The minimum Gasteiger partial charge on any atom is -0.480 e. The highest BCUT2D eigenvalue weighted by molar-refractivity contribution is 14.1. The second-order valence-corrected chi connectivity index (χ2v) is 5.60. The highest BCUT2D eigenvalue weighted by Crippen LogP contribution is 2.38. The zero-order valence-corrected chi connectivity index (χ0v) is 10.5. The third-order valence-electron chi connectivity index (χ3n) is 2.52. The van der Waals surface area contributed by atoms with Crippen LogP contribution < -0.4 is 0 Å². The molecule has 0 amide bonds. The molecule has 0 aliphatic heterocycles. The average Bonchev–Trinajstić information content (AvgIpc) is 2.04. The van der Waals surface area contributed by atoms with Crippen LogP contribution in [0.25, 0.3) is 0 Å². The first kappa shape index (κ1) is 13.2. The van der Waals surface area contributed by atoms with Gasteiger partial charge in [0.25, 0.3) is 0 Å². The van der Waals surface area contributed by atoms with Gasteiger partial charge in [0, 0.05) is 0 Å². The summed E-state index contributed by atoms with van der Waals surface area (Å²) in [6, 6.07) is 0. The highest BCUT2D eigenvalue weighted by atomic mass is 127. The summed E-state index contributed by atoms with van der Waals surface area (Å²) in [5.41, 5.74) is -1.10. The molecule has 78 valence electrons. The lowest BCUT2D eigenvalue weighted by Gasteiger charge is -2.37. The molecule has 0 aromatic rings. The van der Waals surface area contributed by atoms with E-state index in [1.165, 1.54) is 0 Å². The molecule has 0 saturated heterocycles. The Morgan fingerprint density at radius 3 is 2.15 bits per heavy atom. The molecule has 13 heavy (non-hydrogen) atoms. The molecule has 0 bridgehead atoms. The Balaban J connectivity index is 4.82. The van der Waals surface area contributed by atoms with Crippen molar-refractivity contribution >= 4 is 28.6 Å². The van der Waals surface area contributed by atoms with E-state index in [4.69, 9.17) is 5.11 Å². The zero-order valence-electron chi connectivity index (χ0n) is 8.30. The molecule has 0 heterocycles. The van der Waals surface area contributed by atoms with Crippen LogP contribution in [-0.4, -0.2) is 25.2 Å². The average molecular weight is 300 g/mol. The maximum atomic E-state index is 10.9. The van der Waals surface area contributed by atoms with E-state index in [9.17, 15) is 9.90 Å². The number of hydrogen-bond acceptors (Lipinski definition) is 2. The summed E-state index contributed by atoms with van der Waals surface area (Å²) in [6.45, 7) is 5.32. The van der Waals surface area contributed by atoms with Gasteiger partial charge in [-0.05, 0) is 19.8 Å². The van der Waals surface area contributed by atoms with E-state index in [1.54, 1.807) is 6.92 Å². The van der Waals surface area contributed by atoms with Gasteiger partial charge in [-0.25, -0.2) is 0 Å². The lowest BCUT2D eigenvalue weighted by atomic mass is 9.82. The van der Waals surface area contributed by atoms with E-state index in [1.807, 2.05) is 36.4 Å². The van der Waals surface area contributed by atoms with Gasteiger partial charge in [0.05, 0.1) is 5.60 Å². The molecule has 0 aliphatic carbocycles. The monoisotopic (exact) mass is 300 g/mol. The third kappa shape index (κ3) is 2.56. The number of carboxylic acids is 1. The SMILES string of the molecule is CCC[C@@](O)(CC)[C@@](C)(I)C(=O)O. The van der Waals surface area contributed by atoms with Crippen LogP contribution in [0.3, 0.4) is 0 Å². The smallest absolute Gasteiger partial charge is 0.322 e. The van der Waals surface area contributed by atoms with Crippen LogP contribution in [0.1, 0.15) is 40.0 Å². The van der Waals surface area contributed by atoms with Gasteiger partial charge in [0.15, 0.2) is 0 Å². The molecular weight excluding hydrogens is 283 g/mol. The molecule has 0 fully saturated rings. The van der Waals surface area contributed by atoms with Gasteiger partial charge in [-0.2, -0.15) is 0 Å². The Morgan fingerprint density at radius 1 is 1.46 bits per heavy atom. The number of aliphatic carboxylic acids is 1. The summed E-state index contributed by atoms with van der Waals surface area (Å²) >= 11 is 1.82. The molecule has 0 rings (SSSR count). The molecule has 0 aromatic carbocycles. The predicted molar refractivity (Wildman–Crippen MR) is 60.2 cm³/mol. The van der Waals surface area contributed by atoms with E-state index >= 15 is 0 Å². The Labute approximate surface area is 92.7 Å². The molecular formula is C9H17IO3. The fraction of sp³-hybridized carbons (Fsp3) is 0.889. The summed E-state index contributed by atoms with van der Waals surface area (Å²) in [6.07, 6.45) is 1.78. The first-order valence-electron chi connectivity index (χ1n) is 4.46. The zero-order chi connectivity index (χ0) is 10.7. The van der Waals surface area contributed by atoms with Gasteiger partial charge in [-0.15, -0.1) is 0 Å².